The molecule has 2 aromatic rings. The van der Waals surface area contributed by atoms with Crippen LogP contribution in [0.5, 0.6) is 0 Å². The number of benzene rings is 1. The zero-order valence-electron chi connectivity index (χ0n) is 9.07. The lowest BCUT2D eigenvalue weighted by Gasteiger charge is -2.06. The lowest BCUT2D eigenvalue weighted by Crippen LogP contribution is -1.94. The fourth-order valence-electron chi connectivity index (χ4n) is 1.25. The van der Waals surface area contributed by atoms with Gasteiger partial charge in [0.25, 0.3) is 0 Å². The van der Waals surface area contributed by atoms with Crippen molar-refractivity contribution < 1.29 is 0 Å². The molecule has 2 nitrogen and oxygen atoms in total. The molecule has 1 aromatic heterocycles. The number of aromatic nitrogens is 2. The highest BCUT2D eigenvalue weighted by Crippen LogP contribution is 2.30. The summed E-state index contributed by atoms with van der Waals surface area (Å²) in [5, 5.41) is 9.44. The van der Waals surface area contributed by atoms with Crippen molar-refractivity contribution in [2.24, 2.45) is 0 Å². The molecule has 82 valence electrons. The van der Waals surface area contributed by atoms with Crippen molar-refractivity contribution in [3.05, 3.63) is 46.6 Å². The van der Waals surface area contributed by atoms with E-state index in [4.69, 9.17) is 11.6 Å². The summed E-state index contributed by atoms with van der Waals surface area (Å²) in [6, 6.07) is 10.1. The summed E-state index contributed by atoms with van der Waals surface area (Å²) in [4.78, 5) is 1.15. The maximum absolute atomic E-state index is 5.91. The van der Waals surface area contributed by atoms with Crippen LogP contribution in [0.1, 0.15) is 11.1 Å². The van der Waals surface area contributed by atoms with Gasteiger partial charge in [-0.25, -0.2) is 0 Å². The van der Waals surface area contributed by atoms with Crippen LogP contribution in [0.15, 0.2) is 40.3 Å². The van der Waals surface area contributed by atoms with Crippen molar-refractivity contribution in [2.75, 3.05) is 0 Å². The highest BCUT2D eigenvalue weighted by Gasteiger charge is 2.09. The van der Waals surface area contributed by atoms with Gasteiger partial charge in [-0.05, 0) is 37.1 Å². The summed E-state index contributed by atoms with van der Waals surface area (Å²) < 4.78 is 0. The average Bonchev–Trinajstić information content (AvgIpc) is 2.31. The normalized spacial score (nSPS) is 10.4. The van der Waals surface area contributed by atoms with Crippen LogP contribution in [0.4, 0.5) is 0 Å². The lowest BCUT2D eigenvalue weighted by molar-refractivity contribution is 0.891. The fraction of sp³-hybridized carbons (Fsp3) is 0.167. The number of rotatable bonds is 2. The van der Waals surface area contributed by atoms with Crippen molar-refractivity contribution in [3.8, 4) is 0 Å². The van der Waals surface area contributed by atoms with Gasteiger partial charge in [-0.3, -0.25) is 0 Å². The average molecular weight is 251 g/mol. The molecule has 16 heavy (non-hydrogen) atoms. The smallest absolute Gasteiger partial charge is 0.142 e. The fourth-order valence-corrected chi connectivity index (χ4v) is 2.34. The van der Waals surface area contributed by atoms with Gasteiger partial charge in [0, 0.05) is 4.90 Å². The second kappa shape index (κ2) is 4.85. The predicted molar refractivity (Wildman–Crippen MR) is 67.1 cm³/mol. The second-order valence-corrected chi connectivity index (χ2v) is 4.88. The molecule has 0 radical (unpaired) electrons. The Hall–Kier alpha value is -1.06. The minimum atomic E-state index is 0.481. The van der Waals surface area contributed by atoms with Gasteiger partial charge < -0.3 is 0 Å². The topological polar surface area (TPSA) is 25.8 Å². The Balaban J connectivity index is 2.33. The SMILES string of the molecule is Cc1c(Cl)nnc(Sc2ccccc2)c1C. The second-order valence-electron chi connectivity index (χ2n) is 3.46. The molecule has 0 aliphatic carbocycles. The minimum absolute atomic E-state index is 0.481. The summed E-state index contributed by atoms with van der Waals surface area (Å²) >= 11 is 7.51. The highest BCUT2D eigenvalue weighted by atomic mass is 35.5. The zero-order chi connectivity index (χ0) is 11.5. The maximum atomic E-state index is 5.91. The first kappa shape index (κ1) is 11.4. The van der Waals surface area contributed by atoms with Crippen LogP contribution in [-0.2, 0) is 0 Å². The first-order valence-electron chi connectivity index (χ1n) is 4.91. The summed E-state index contributed by atoms with van der Waals surface area (Å²) in [6.07, 6.45) is 0. The monoisotopic (exact) mass is 250 g/mol. The number of hydrogen-bond acceptors (Lipinski definition) is 3. The lowest BCUT2D eigenvalue weighted by atomic mass is 10.2. The van der Waals surface area contributed by atoms with Crippen LogP contribution in [0.25, 0.3) is 0 Å². The number of hydrogen-bond donors (Lipinski definition) is 0. The van der Waals surface area contributed by atoms with Crippen molar-refractivity contribution in [1.29, 1.82) is 0 Å². The standard InChI is InChI=1S/C12H11ClN2S/c1-8-9(2)12(15-14-11(8)13)16-10-6-4-3-5-7-10/h3-7H,1-2H3. The van der Waals surface area contributed by atoms with Crippen molar-refractivity contribution in [1.82, 2.24) is 10.2 Å². The van der Waals surface area contributed by atoms with E-state index in [0.29, 0.717) is 5.15 Å². The van der Waals surface area contributed by atoms with Gasteiger partial charge in [0.15, 0.2) is 5.15 Å². The van der Waals surface area contributed by atoms with Crippen LogP contribution in [0, 0.1) is 13.8 Å². The van der Waals surface area contributed by atoms with Gasteiger partial charge >= 0.3 is 0 Å². The third-order valence-corrected chi connectivity index (χ3v) is 3.83. The molecule has 0 saturated heterocycles. The van der Waals surface area contributed by atoms with E-state index in [9.17, 15) is 0 Å². The van der Waals surface area contributed by atoms with Crippen molar-refractivity contribution in [3.63, 3.8) is 0 Å². The summed E-state index contributed by atoms with van der Waals surface area (Å²) in [5.41, 5.74) is 2.09. The molecule has 0 spiro atoms. The Kier molecular flexibility index (Phi) is 3.46. The van der Waals surface area contributed by atoms with Crippen molar-refractivity contribution >= 4 is 23.4 Å². The van der Waals surface area contributed by atoms with Crippen LogP contribution < -0.4 is 0 Å². The Morgan fingerprint density at radius 2 is 1.69 bits per heavy atom. The van der Waals surface area contributed by atoms with Gasteiger partial charge in [0.05, 0.1) is 0 Å². The first-order chi connectivity index (χ1) is 7.68. The molecule has 4 heteroatoms. The van der Waals surface area contributed by atoms with E-state index < -0.39 is 0 Å². The number of halogens is 1. The van der Waals surface area contributed by atoms with E-state index in [1.165, 1.54) is 0 Å². The molecule has 0 atom stereocenters. The summed E-state index contributed by atoms with van der Waals surface area (Å²) in [7, 11) is 0. The molecule has 0 fully saturated rings. The quantitative estimate of drug-likeness (QED) is 0.809. The van der Waals surface area contributed by atoms with E-state index in [1.54, 1.807) is 11.8 Å². The largest absolute Gasteiger partial charge is 0.154 e. The van der Waals surface area contributed by atoms with Crippen LogP contribution >= 0.6 is 23.4 Å². The van der Waals surface area contributed by atoms with Gasteiger partial charge in [-0.2, -0.15) is 0 Å². The Morgan fingerprint density at radius 1 is 1.00 bits per heavy atom. The Labute approximate surface area is 104 Å². The third kappa shape index (κ3) is 2.36. The van der Waals surface area contributed by atoms with E-state index >= 15 is 0 Å². The van der Waals surface area contributed by atoms with E-state index in [2.05, 4.69) is 22.3 Å². The molecular weight excluding hydrogens is 240 g/mol. The Morgan fingerprint density at radius 3 is 2.38 bits per heavy atom. The van der Waals surface area contributed by atoms with Gasteiger partial charge in [-0.1, -0.05) is 41.6 Å². The molecular formula is C12H11ClN2S. The molecule has 1 aromatic carbocycles. The van der Waals surface area contributed by atoms with E-state index in [-0.39, 0.29) is 0 Å². The molecule has 0 unspecified atom stereocenters. The molecule has 0 bridgehead atoms. The molecule has 0 aliphatic heterocycles. The molecule has 0 amide bonds. The van der Waals surface area contributed by atoms with Crippen LogP contribution in [0.3, 0.4) is 0 Å². The zero-order valence-corrected chi connectivity index (χ0v) is 10.6. The summed E-state index contributed by atoms with van der Waals surface area (Å²) in [6.45, 7) is 3.97. The molecule has 0 aliphatic rings. The number of nitrogens with zero attached hydrogens (tertiary/aromatic N) is 2. The van der Waals surface area contributed by atoms with Gasteiger partial charge in [0.2, 0.25) is 0 Å². The van der Waals surface area contributed by atoms with E-state index in [1.807, 2.05) is 32.0 Å². The Bertz CT molecular complexity index is 500. The maximum Gasteiger partial charge on any atom is 0.154 e. The van der Waals surface area contributed by atoms with Gasteiger partial charge in [0.1, 0.15) is 5.03 Å². The molecule has 0 saturated carbocycles. The van der Waals surface area contributed by atoms with Gasteiger partial charge in [-0.15, -0.1) is 10.2 Å². The summed E-state index contributed by atoms with van der Waals surface area (Å²) in [5.74, 6) is 0. The predicted octanol–water partition coefficient (Wildman–Crippen LogP) is 3.90. The molecule has 1 heterocycles. The molecule has 0 N–H and O–H groups in total. The van der Waals surface area contributed by atoms with Crippen molar-refractivity contribution in [2.45, 2.75) is 23.8 Å². The molecule has 2 rings (SSSR count). The first-order valence-corrected chi connectivity index (χ1v) is 6.10. The highest BCUT2D eigenvalue weighted by molar-refractivity contribution is 7.99. The minimum Gasteiger partial charge on any atom is -0.142 e. The third-order valence-electron chi connectivity index (χ3n) is 2.38. The van der Waals surface area contributed by atoms with Crippen LogP contribution in [0.2, 0.25) is 5.15 Å². The van der Waals surface area contributed by atoms with Crippen LogP contribution in [-0.4, -0.2) is 10.2 Å². The van der Waals surface area contributed by atoms with E-state index in [0.717, 1.165) is 21.0 Å².